The first-order valence-corrected chi connectivity index (χ1v) is 9.10. The maximum atomic E-state index is 12.8. The van der Waals surface area contributed by atoms with Crippen molar-refractivity contribution in [3.8, 4) is 5.75 Å². The summed E-state index contributed by atoms with van der Waals surface area (Å²) in [5.41, 5.74) is 0.803. The van der Waals surface area contributed by atoms with E-state index in [2.05, 4.69) is 0 Å². The second-order valence-electron chi connectivity index (χ2n) is 7.04. The average Bonchev–Trinajstić information content (AvgIpc) is 2.59. The topological polar surface area (TPSA) is 49.9 Å². The van der Waals surface area contributed by atoms with Crippen LogP contribution in [0.1, 0.15) is 38.5 Å². The van der Waals surface area contributed by atoms with Gasteiger partial charge in [-0.2, -0.15) is 0 Å². The number of piperidine rings is 1. The molecule has 4 rings (SSSR count). The fourth-order valence-electron chi connectivity index (χ4n) is 3.77. The van der Waals surface area contributed by atoms with E-state index in [0.717, 1.165) is 50.9 Å². The highest BCUT2D eigenvalue weighted by molar-refractivity contribution is 5.98. The van der Waals surface area contributed by atoms with E-state index >= 15 is 0 Å². The summed E-state index contributed by atoms with van der Waals surface area (Å²) in [6, 6.07) is 7.56. The molecule has 0 radical (unpaired) electrons. The Morgan fingerprint density at radius 1 is 0.958 bits per heavy atom. The van der Waals surface area contributed by atoms with Gasteiger partial charge in [-0.05, 0) is 44.2 Å². The lowest BCUT2D eigenvalue weighted by molar-refractivity contribution is -0.139. The first-order chi connectivity index (χ1) is 11.7. The number of likely N-dealkylation sites (tertiary alicyclic amines) is 1. The molecule has 2 fully saturated rings. The lowest BCUT2D eigenvalue weighted by Gasteiger charge is -2.39. The maximum absolute atomic E-state index is 12.8. The third kappa shape index (κ3) is 2.76. The molecule has 3 aliphatic rings. The largest absolute Gasteiger partial charge is 0.476 e. The van der Waals surface area contributed by atoms with E-state index in [-0.39, 0.29) is 17.7 Å². The van der Waals surface area contributed by atoms with Crippen molar-refractivity contribution in [3.63, 3.8) is 0 Å². The fourth-order valence-corrected chi connectivity index (χ4v) is 3.77. The van der Waals surface area contributed by atoms with Gasteiger partial charge in [0, 0.05) is 19.0 Å². The number of benzene rings is 1. The molecule has 1 unspecified atom stereocenters. The van der Waals surface area contributed by atoms with Gasteiger partial charge in [-0.3, -0.25) is 9.59 Å². The molecule has 1 atom stereocenters. The SMILES string of the molecule is O=C(C1CN(C(=O)C2CCC2)c2ccccc2O1)N1CCCCC1. The Morgan fingerprint density at radius 2 is 1.71 bits per heavy atom. The van der Waals surface area contributed by atoms with Gasteiger partial charge in [-0.1, -0.05) is 18.6 Å². The van der Waals surface area contributed by atoms with Gasteiger partial charge in [-0.25, -0.2) is 0 Å². The molecule has 1 aromatic carbocycles. The Hall–Kier alpha value is -2.04. The molecule has 0 bridgehead atoms. The molecule has 0 N–H and O–H groups in total. The summed E-state index contributed by atoms with van der Waals surface area (Å²) in [7, 11) is 0. The zero-order valence-corrected chi connectivity index (χ0v) is 13.9. The predicted octanol–water partition coefficient (Wildman–Crippen LogP) is 2.59. The summed E-state index contributed by atoms with van der Waals surface area (Å²) >= 11 is 0. The van der Waals surface area contributed by atoms with Crippen molar-refractivity contribution < 1.29 is 14.3 Å². The molecule has 5 heteroatoms. The van der Waals surface area contributed by atoms with Crippen LogP contribution in [0, 0.1) is 5.92 Å². The van der Waals surface area contributed by atoms with E-state index in [1.54, 1.807) is 4.90 Å². The van der Waals surface area contributed by atoms with Crippen molar-refractivity contribution >= 4 is 17.5 Å². The average molecular weight is 328 g/mol. The molecule has 24 heavy (non-hydrogen) atoms. The van der Waals surface area contributed by atoms with Gasteiger partial charge >= 0.3 is 0 Å². The van der Waals surface area contributed by atoms with Crippen molar-refractivity contribution in [1.82, 2.24) is 4.90 Å². The molecule has 2 aliphatic heterocycles. The lowest BCUT2D eigenvalue weighted by atomic mass is 9.84. The van der Waals surface area contributed by atoms with Gasteiger partial charge in [0.05, 0.1) is 12.2 Å². The van der Waals surface area contributed by atoms with Gasteiger partial charge < -0.3 is 14.5 Å². The van der Waals surface area contributed by atoms with E-state index in [1.807, 2.05) is 29.2 Å². The minimum Gasteiger partial charge on any atom is -0.476 e. The summed E-state index contributed by atoms with van der Waals surface area (Å²) in [4.78, 5) is 29.4. The molecule has 2 amide bonds. The molecule has 0 aromatic heterocycles. The standard InChI is InChI=1S/C19H24N2O3/c22-18(14-7-6-8-14)21-13-17(19(23)20-11-4-1-5-12-20)24-16-10-3-2-9-15(16)21/h2-3,9-10,14,17H,1,4-8,11-13H2. The Kier molecular flexibility index (Phi) is 4.17. The minimum absolute atomic E-state index is 0.0237. The predicted molar refractivity (Wildman–Crippen MR) is 91.0 cm³/mol. The van der Waals surface area contributed by atoms with Gasteiger partial charge in [0.15, 0.2) is 6.10 Å². The van der Waals surface area contributed by atoms with Gasteiger partial charge in [0.25, 0.3) is 5.91 Å². The van der Waals surface area contributed by atoms with Gasteiger partial charge in [-0.15, -0.1) is 0 Å². The Morgan fingerprint density at radius 3 is 2.42 bits per heavy atom. The van der Waals surface area contributed by atoms with Crippen molar-refractivity contribution in [2.45, 2.75) is 44.6 Å². The van der Waals surface area contributed by atoms with Crippen LogP contribution in [-0.4, -0.2) is 42.5 Å². The van der Waals surface area contributed by atoms with E-state index < -0.39 is 6.10 Å². The molecular weight excluding hydrogens is 304 g/mol. The van der Waals surface area contributed by atoms with Crippen LogP contribution in [0.5, 0.6) is 5.75 Å². The highest BCUT2D eigenvalue weighted by Gasteiger charge is 2.39. The maximum Gasteiger partial charge on any atom is 0.265 e. The lowest BCUT2D eigenvalue weighted by Crippen LogP contribution is -2.54. The van der Waals surface area contributed by atoms with E-state index in [0.29, 0.717) is 12.3 Å². The summed E-state index contributed by atoms with van der Waals surface area (Å²) in [5.74, 6) is 0.928. The highest BCUT2D eigenvalue weighted by atomic mass is 16.5. The van der Waals surface area contributed by atoms with Crippen molar-refractivity contribution in [2.24, 2.45) is 5.92 Å². The molecule has 0 spiro atoms. The normalized spacial score (nSPS) is 23.9. The quantitative estimate of drug-likeness (QED) is 0.838. The van der Waals surface area contributed by atoms with Crippen LogP contribution in [0.3, 0.4) is 0 Å². The smallest absolute Gasteiger partial charge is 0.265 e. The second-order valence-corrected chi connectivity index (χ2v) is 7.04. The van der Waals surface area contributed by atoms with Crippen molar-refractivity contribution in [2.75, 3.05) is 24.5 Å². The number of hydrogen-bond donors (Lipinski definition) is 0. The highest BCUT2D eigenvalue weighted by Crippen LogP contribution is 2.37. The number of nitrogens with zero attached hydrogens (tertiary/aromatic N) is 2. The number of rotatable bonds is 2. The molecule has 128 valence electrons. The first kappa shape index (κ1) is 15.5. The molecular formula is C19H24N2O3. The summed E-state index contributed by atoms with van der Waals surface area (Å²) in [6.45, 7) is 1.94. The van der Waals surface area contributed by atoms with Crippen molar-refractivity contribution in [3.05, 3.63) is 24.3 Å². The zero-order valence-electron chi connectivity index (χ0n) is 13.9. The molecule has 5 nitrogen and oxygen atoms in total. The summed E-state index contributed by atoms with van der Waals surface area (Å²) in [6.07, 6.45) is 5.76. The summed E-state index contributed by atoms with van der Waals surface area (Å²) in [5, 5.41) is 0. The molecule has 1 saturated carbocycles. The van der Waals surface area contributed by atoms with Crippen molar-refractivity contribution in [1.29, 1.82) is 0 Å². The number of hydrogen-bond acceptors (Lipinski definition) is 3. The minimum atomic E-state index is -0.581. The third-order valence-electron chi connectivity index (χ3n) is 5.44. The number of carbonyl (C=O) groups is 2. The van der Waals surface area contributed by atoms with E-state index in [9.17, 15) is 9.59 Å². The van der Waals surface area contributed by atoms with Gasteiger partial charge in [0.2, 0.25) is 5.91 Å². The molecule has 1 aliphatic carbocycles. The van der Waals surface area contributed by atoms with Crippen LogP contribution in [0.25, 0.3) is 0 Å². The third-order valence-corrected chi connectivity index (χ3v) is 5.44. The number of ether oxygens (including phenoxy) is 1. The van der Waals surface area contributed by atoms with Crippen LogP contribution in [0.4, 0.5) is 5.69 Å². The number of carbonyl (C=O) groups excluding carboxylic acids is 2. The Bertz CT molecular complexity index is 635. The monoisotopic (exact) mass is 328 g/mol. The number of para-hydroxylation sites is 2. The van der Waals surface area contributed by atoms with Gasteiger partial charge in [0.1, 0.15) is 5.75 Å². The molecule has 1 aromatic rings. The van der Waals surface area contributed by atoms with Crippen LogP contribution in [-0.2, 0) is 9.59 Å². The molecule has 1 saturated heterocycles. The zero-order chi connectivity index (χ0) is 16.5. The Labute approximate surface area is 142 Å². The fraction of sp³-hybridized carbons (Fsp3) is 0.579. The van der Waals surface area contributed by atoms with E-state index in [4.69, 9.17) is 4.74 Å². The Balaban J connectivity index is 1.57. The van der Waals surface area contributed by atoms with E-state index in [1.165, 1.54) is 6.42 Å². The van der Waals surface area contributed by atoms with Crippen LogP contribution >= 0.6 is 0 Å². The number of anilines is 1. The number of amides is 2. The van der Waals surface area contributed by atoms with Crippen LogP contribution < -0.4 is 9.64 Å². The van der Waals surface area contributed by atoms with Crippen LogP contribution in [0.15, 0.2) is 24.3 Å². The first-order valence-electron chi connectivity index (χ1n) is 9.10. The second kappa shape index (κ2) is 6.46. The van der Waals surface area contributed by atoms with Crippen LogP contribution in [0.2, 0.25) is 0 Å². The number of fused-ring (bicyclic) bond motifs is 1. The molecule has 2 heterocycles. The summed E-state index contributed by atoms with van der Waals surface area (Å²) < 4.78 is 5.97.